The molecule has 1 N–H and O–H groups in total. The lowest BCUT2D eigenvalue weighted by molar-refractivity contribution is 0.102. The number of halogens is 2. The number of hydrogen-bond acceptors (Lipinski definition) is 4. The second-order valence-corrected chi connectivity index (χ2v) is 8.88. The quantitative estimate of drug-likeness (QED) is 0.776. The van der Waals surface area contributed by atoms with E-state index in [-0.39, 0.29) is 26.0 Å². The molecule has 0 spiro atoms. The number of benzene rings is 1. The van der Waals surface area contributed by atoms with Crippen molar-refractivity contribution in [3.05, 3.63) is 52.3 Å². The average Bonchev–Trinajstić information content (AvgIpc) is 3.10. The van der Waals surface area contributed by atoms with E-state index in [0.29, 0.717) is 18.5 Å². The van der Waals surface area contributed by atoms with Crippen LogP contribution < -0.4 is 5.32 Å². The van der Waals surface area contributed by atoms with E-state index in [1.807, 2.05) is 0 Å². The molecular formula is C17H16Cl2N2O3S. The molecule has 1 saturated carbocycles. The van der Waals surface area contributed by atoms with Gasteiger partial charge in [0.1, 0.15) is 10.3 Å². The fourth-order valence-electron chi connectivity index (χ4n) is 2.92. The Balaban J connectivity index is 1.83. The number of nitrogens with zero attached hydrogens (tertiary/aromatic N) is 1. The summed E-state index contributed by atoms with van der Waals surface area (Å²) in [4.78, 5) is 16.4. The van der Waals surface area contributed by atoms with Gasteiger partial charge >= 0.3 is 0 Å². The molecule has 5 nitrogen and oxygen atoms in total. The van der Waals surface area contributed by atoms with Crippen molar-refractivity contribution in [1.29, 1.82) is 0 Å². The summed E-state index contributed by atoms with van der Waals surface area (Å²) in [7, 11) is -3.38. The van der Waals surface area contributed by atoms with Gasteiger partial charge in [-0.1, -0.05) is 42.1 Å². The first-order valence-electron chi connectivity index (χ1n) is 7.85. The van der Waals surface area contributed by atoms with Crippen molar-refractivity contribution in [2.75, 3.05) is 5.32 Å². The van der Waals surface area contributed by atoms with Crippen LogP contribution in [-0.4, -0.2) is 24.6 Å². The van der Waals surface area contributed by atoms with Crippen molar-refractivity contribution in [1.82, 2.24) is 4.98 Å². The predicted octanol–water partition coefficient (Wildman–Crippen LogP) is 4.36. The number of amides is 1. The third kappa shape index (κ3) is 3.97. The van der Waals surface area contributed by atoms with Crippen LogP contribution in [0.4, 0.5) is 5.69 Å². The van der Waals surface area contributed by atoms with Crippen LogP contribution in [0.15, 0.2) is 41.3 Å². The highest BCUT2D eigenvalue weighted by atomic mass is 35.5. The fourth-order valence-corrected chi connectivity index (χ4v) is 5.25. The van der Waals surface area contributed by atoms with Crippen molar-refractivity contribution in [2.24, 2.45) is 0 Å². The molecule has 1 aromatic carbocycles. The standard InChI is InChI=1S/C17H16Cl2N2O3S/c18-15-9-8-14(16(19)21-15)17(22)20-11-4-3-7-13(10-11)25(23,24)12-5-1-2-6-12/h3-4,7-10,12H,1-2,5-6H2,(H,20,22). The van der Waals surface area contributed by atoms with Gasteiger partial charge in [-0.05, 0) is 43.2 Å². The zero-order valence-electron chi connectivity index (χ0n) is 13.2. The van der Waals surface area contributed by atoms with E-state index >= 15 is 0 Å². The zero-order chi connectivity index (χ0) is 18.0. The Bertz CT molecular complexity index is 910. The van der Waals surface area contributed by atoms with Gasteiger partial charge in [0, 0.05) is 5.69 Å². The molecule has 0 radical (unpaired) electrons. The number of pyridine rings is 1. The van der Waals surface area contributed by atoms with Gasteiger partial charge in [0.05, 0.1) is 15.7 Å². The lowest BCUT2D eigenvalue weighted by atomic mass is 10.2. The van der Waals surface area contributed by atoms with Gasteiger partial charge in [0.15, 0.2) is 9.84 Å². The maximum absolute atomic E-state index is 12.7. The van der Waals surface area contributed by atoms with Crippen LogP contribution in [-0.2, 0) is 9.84 Å². The molecule has 1 fully saturated rings. The molecule has 0 unspecified atom stereocenters. The van der Waals surface area contributed by atoms with Gasteiger partial charge in [0.2, 0.25) is 0 Å². The van der Waals surface area contributed by atoms with E-state index in [0.717, 1.165) is 12.8 Å². The average molecular weight is 399 g/mol. The van der Waals surface area contributed by atoms with E-state index < -0.39 is 15.7 Å². The van der Waals surface area contributed by atoms with Crippen molar-refractivity contribution in [2.45, 2.75) is 35.8 Å². The van der Waals surface area contributed by atoms with Crippen molar-refractivity contribution in [3.8, 4) is 0 Å². The summed E-state index contributed by atoms with van der Waals surface area (Å²) >= 11 is 11.6. The number of aromatic nitrogens is 1. The summed E-state index contributed by atoms with van der Waals surface area (Å²) in [5.74, 6) is -0.482. The summed E-state index contributed by atoms with van der Waals surface area (Å²) in [6.45, 7) is 0. The van der Waals surface area contributed by atoms with E-state index in [1.165, 1.54) is 18.2 Å². The van der Waals surface area contributed by atoms with E-state index in [9.17, 15) is 13.2 Å². The van der Waals surface area contributed by atoms with E-state index in [2.05, 4.69) is 10.3 Å². The first-order valence-corrected chi connectivity index (χ1v) is 10.2. The monoisotopic (exact) mass is 398 g/mol. The summed E-state index contributed by atoms with van der Waals surface area (Å²) < 4.78 is 25.4. The molecule has 1 heterocycles. The lowest BCUT2D eigenvalue weighted by Crippen LogP contribution is -2.18. The number of rotatable bonds is 4. The molecule has 1 aliphatic rings. The summed E-state index contributed by atoms with van der Waals surface area (Å²) in [6, 6.07) is 9.19. The maximum Gasteiger partial charge on any atom is 0.258 e. The normalized spacial score (nSPS) is 15.3. The number of carbonyl (C=O) groups is 1. The number of anilines is 1. The minimum Gasteiger partial charge on any atom is -0.322 e. The largest absolute Gasteiger partial charge is 0.322 e. The zero-order valence-corrected chi connectivity index (χ0v) is 15.5. The Kier molecular flexibility index (Phi) is 5.32. The van der Waals surface area contributed by atoms with Gasteiger partial charge in [-0.25, -0.2) is 13.4 Å². The molecule has 3 rings (SSSR count). The Morgan fingerprint density at radius 1 is 1.12 bits per heavy atom. The smallest absolute Gasteiger partial charge is 0.258 e. The summed E-state index contributed by atoms with van der Waals surface area (Å²) in [5.41, 5.74) is 0.546. The van der Waals surface area contributed by atoms with Gasteiger partial charge in [0.25, 0.3) is 5.91 Å². The van der Waals surface area contributed by atoms with E-state index in [4.69, 9.17) is 23.2 Å². The highest BCUT2D eigenvalue weighted by Gasteiger charge is 2.30. The van der Waals surface area contributed by atoms with Crippen LogP contribution in [0.3, 0.4) is 0 Å². The van der Waals surface area contributed by atoms with Gasteiger partial charge in [-0.2, -0.15) is 0 Å². The number of nitrogens with one attached hydrogen (secondary N) is 1. The van der Waals surface area contributed by atoms with Crippen LogP contribution in [0.25, 0.3) is 0 Å². The first kappa shape index (κ1) is 18.2. The maximum atomic E-state index is 12.7. The SMILES string of the molecule is O=C(Nc1cccc(S(=O)(=O)C2CCCC2)c1)c1ccc(Cl)nc1Cl. The molecular weight excluding hydrogens is 383 g/mol. The topological polar surface area (TPSA) is 76.1 Å². The van der Waals surface area contributed by atoms with E-state index in [1.54, 1.807) is 18.2 Å². The minimum atomic E-state index is -3.38. The summed E-state index contributed by atoms with van der Waals surface area (Å²) in [5, 5.41) is 2.48. The molecule has 1 aliphatic carbocycles. The molecule has 2 aromatic rings. The van der Waals surface area contributed by atoms with Crippen molar-refractivity contribution >= 4 is 44.6 Å². The Morgan fingerprint density at radius 2 is 1.84 bits per heavy atom. The predicted molar refractivity (Wildman–Crippen MR) is 98.1 cm³/mol. The minimum absolute atomic E-state index is 0.0141. The number of hydrogen-bond donors (Lipinski definition) is 1. The highest BCUT2D eigenvalue weighted by molar-refractivity contribution is 7.92. The Labute approximate surface area is 156 Å². The van der Waals surface area contributed by atoms with Crippen molar-refractivity contribution < 1.29 is 13.2 Å². The van der Waals surface area contributed by atoms with Gasteiger partial charge in [-0.15, -0.1) is 0 Å². The summed E-state index contributed by atoms with van der Waals surface area (Å²) in [6.07, 6.45) is 3.24. The first-order chi connectivity index (χ1) is 11.9. The van der Waals surface area contributed by atoms with Crippen LogP contribution in [0, 0.1) is 0 Å². The lowest BCUT2D eigenvalue weighted by Gasteiger charge is -2.13. The Hall–Kier alpha value is -1.63. The molecule has 132 valence electrons. The fraction of sp³-hybridized carbons (Fsp3) is 0.294. The molecule has 25 heavy (non-hydrogen) atoms. The van der Waals surface area contributed by atoms with Crippen LogP contribution >= 0.6 is 23.2 Å². The van der Waals surface area contributed by atoms with Crippen LogP contribution in [0.1, 0.15) is 36.0 Å². The van der Waals surface area contributed by atoms with Crippen LogP contribution in [0.2, 0.25) is 10.3 Å². The Morgan fingerprint density at radius 3 is 2.52 bits per heavy atom. The molecule has 0 atom stereocenters. The molecule has 0 saturated heterocycles. The molecule has 8 heteroatoms. The molecule has 0 aliphatic heterocycles. The third-order valence-electron chi connectivity index (χ3n) is 4.22. The second-order valence-electron chi connectivity index (χ2n) is 5.91. The highest BCUT2D eigenvalue weighted by Crippen LogP contribution is 2.30. The third-order valence-corrected chi connectivity index (χ3v) is 6.98. The second kappa shape index (κ2) is 7.32. The number of carbonyl (C=O) groups excluding carboxylic acids is 1. The molecule has 0 bridgehead atoms. The number of sulfone groups is 1. The van der Waals surface area contributed by atoms with Gasteiger partial charge < -0.3 is 5.32 Å². The molecule has 1 amide bonds. The molecule has 1 aromatic heterocycles. The van der Waals surface area contributed by atoms with Gasteiger partial charge in [-0.3, -0.25) is 4.79 Å². The van der Waals surface area contributed by atoms with Crippen LogP contribution in [0.5, 0.6) is 0 Å². The van der Waals surface area contributed by atoms with Crippen molar-refractivity contribution in [3.63, 3.8) is 0 Å².